The number of hydrogen-bond acceptors (Lipinski definition) is 6. The second-order valence-corrected chi connectivity index (χ2v) is 8.02. The molecular weight excluding hydrogens is 372 g/mol. The third kappa shape index (κ3) is 5.43. The van der Waals surface area contributed by atoms with E-state index in [1.807, 2.05) is 6.92 Å². The van der Waals surface area contributed by atoms with Crippen molar-refractivity contribution in [1.29, 1.82) is 0 Å². The first kappa shape index (κ1) is 21.2. The van der Waals surface area contributed by atoms with Gasteiger partial charge >= 0.3 is 5.97 Å². The van der Waals surface area contributed by atoms with E-state index in [-0.39, 0.29) is 28.2 Å². The molecule has 150 valence electrons. The van der Waals surface area contributed by atoms with Gasteiger partial charge < -0.3 is 14.4 Å². The quantitative estimate of drug-likeness (QED) is 0.699. The number of primary sulfonamides is 1. The Morgan fingerprint density at radius 3 is 2.44 bits per heavy atom. The Morgan fingerprint density at radius 2 is 1.89 bits per heavy atom. The number of esters is 1. The molecule has 0 saturated heterocycles. The summed E-state index contributed by atoms with van der Waals surface area (Å²) >= 11 is 0. The summed E-state index contributed by atoms with van der Waals surface area (Å²) in [6.45, 7) is 2.03. The Morgan fingerprint density at radius 1 is 1.22 bits per heavy atom. The third-order valence-electron chi connectivity index (χ3n) is 4.72. The van der Waals surface area contributed by atoms with Crippen LogP contribution in [0.5, 0.6) is 5.75 Å². The zero-order chi connectivity index (χ0) is 20.0. The standard InChI is InChI=1S/C18H26N2O6S/c1-3-20(13-7-5-4-6-8-13)17(21)12-26-18(22)15-11-14(27(19,23)24)9-10-16(15)25-2/h9-11,13H,3-8,12H2,1-2H3,(H2,19,23,24). The van der Waals surface area contributed by atoms with Crippen LogP contribution in [0.3, 0.4) is 0 Å². The average molecular weight is 398 g/mol. The van der Waals surface area contributed by atoms with E-state index in [0.717, 1.165) is 31.7 Å². The van der Waals surface area contributed by atoms with Gasteiger partial charge in [0.1, 0.15) is 11.3 Å². The topological polar surface area (TPSA) is 116 Å². The molecule has 1 aromatic carbocycles. The number of likely N-dealkylation sites (N-methyl/N-ethyl adjacent to an activating group) is 1. The van der Waals surface area contributed by atoms with Gasteiger partial charge in [0.2, 0.25) is 10.0 Å². The monoisotopic (exact) mass is 398 g/mol. The zero-order valence-electron chi connectivity index (χ0n) is 15.6. The SMILES string of the molecule is CCN(C(=O)COC(=O)c1cc(S(N)(=O)=O)ccc1OC)C1CCCCC1. The summed E-state index contributed by atoms with van der Waals surface area (Å²) in [7, 11) is -2.64. The van der Waals surface area contributed by atoms with E-state index < -0.39 is 22.6 Å². The molecule has 9 heteroatoms. The molecule has 0 aromatic heterocycles. The highest BCUT2D eigenvalue weighted by Gasteiger charge is 2.26. The highest BCUT2D eigenvalue weighted by atomic mass is 32.2. The maximum Gasteiger partial charge on any atom is 0.342 e. The lowest BCUT2D eigenvalue weighted by molar-refractivity contribution is -0.137. The first-order valence-electron chi connectivity index (χ1n) is 8.95. The van der Waals surface area contributed by atoms with Gasteiger partial charge in [-0.15, -0.1) is 0 Å². The Bertz CT molecular complexity index is 787. The smallest absolute Gasteiger partial charge is 0.342 e. The van der Waals surface area contributed by atoms with Crippen LogP contribution in [0.4, 0.5) is 0 Å². The van der Waals surface area contributed by atoms with Gasteiger partial charge in [-0.05, 0) is 38.0 Å². The lowest BCUT2D eigenvalue weighted by atomic mass is 9.94. The number of rotatable bonds is 7. The van der Waals surface area contributed by atoms with E-state index in [2.05, 4.69) is 0 Å². The zero-order valence-corrected chi connectivity index (χ0v) is 16.5. The maximum absolute atomic E-state index is 12.5. The van der Waals surface area contributed by atoms with Crippen molar-refractivity contribution in [1.82, 2.24) is 4.90 Å². The molecule has 0 aliphatic heterocycles. The largest absolute Gasteiger partial charge is 0.496 e. The predicted octanol–water partition coefficient (Wildman–Crippen LogP) is 1.68. The number of methoxy groups -OCH3 is 1. The van der Waals surface area contributed by atoms with Crippen LogP contribution in [0.2, 0.25) is 0 Å². The number of hydrogen-bond donors (Lipinski definition) is 1. The lowest BCUT2D eigenvalue weighted by Crippen LogP contribution is -2.43. The molecule has 1 aromatic rings. The number of benzene rings is 1. The number of carbonyl (C=O) groups is 2. The molecule has 27 heavy (non-hydrogen) atoms. The van der Waals surface area contributed by atoms with Gasteiger partial charge in [0.15, 0.2) is 6.61 Å². The summed E-state index contributed by atoms with van der Waals surface area (Å²) < 4.78 is 33.2. The van der Waals surface area contributed by atoms with Crippen LogP contribution >= 0.6 is 0 Å². The van der Waals surface area contributed by atoms with Crippen LogP contribution in [0.25, 0.3) is 0 Å². The molecule has 0 atom stereocenters. The molecule has 2 rings (SSSR count). The molecule has 0 bridgehead atoms. The van der Waals surface area contributed by atoms with Crippen molar-refractivity contribution in [2.45, 2.75) is 50.0 Å². The van der Waals surface area contributed by atoms with Gasteiger partial charge in [0.25, 0.3) is 5.91 Å². The number of amides is 1. The van der Waals surface area contributed by atoms with Gasteiger partial charge in [-0.2, -0.15) is 0 Å². The molecule has 2 N–H and O–H groups in total. The summed E-state index contributed by atoms with van der Waals surface area (Å²) in [4.78, 5) is 26.4. The van der Waals surface area contributed by atoms with E-state index in [4.69, 9.17) is 14.6 Å². The fraction of sp³-hybridized carbons (Fsp3) is 0.556. The van der Waals surface area contributed by atoms with E-state index in [9.17, 15) is 18.0 Å². The molecule has 0 radical (unpaired) electrons. The highest BCUT2D eigenvalue weighted by molar-refractivity contribution is 7.89. The normalized spacial score (nSPS) is 15.2. The Balaban J connectivity index is 2.09. The number of carbonyl (C=O) groups excluding carboxylic acids is 2. The Labute approximate surface area is 159 Å². The summed E-state index contributed by atoms with van der Waals surface area (Å²) in [5, 5.41) is 5.10. The van der Waals surface area contributed by atoms with Gasteiger partial charge in [-0.1, -0.05) is 19.3 Å². The molecule has 1 amide bonds. The summed E-state index contributed by atoms with van der Waals surface area (Å²) in [5.74, 6) is -0.968. The van der Waals surface area contributed by atoms with E-state index in [0.29, 0.717) is 6.54 Å². The van der Waals surface area contributed by atoms with Gasteiger partial charge in [0, 0.05) is 12.6 Å². The molecule has 8 nitrogen and oxygen atoms in total. The fourth-order valence-electron chi connectivity index (χ4n) is 3.34. The molecule has 0 heterocycles. The fourth-order valence-corrected chi connectivity index (χ4v) is 3.88. The first-order chi connectivity index (χ1) is 12.8. The highest BCUT2D eigenvalue weighted by Crippen LogP contribution is 2.24. The summed E-state index contributed by atoms with van der Waals surface area (Å²) in [6, 6.07) is 3.81. The average Bonchev–Trinajstić information content (AvgIpc) is 2.66. The third-order valence-corrected chi connectivity index (χ3v) is 5.63. The van der Waals surface area contributed by atoms with E-state index in [1.165, 1.54) is 25.7 Å². The van der Waals surface area contributed by atoms with E-state index >= 15 is 0 Å². The van der Waals surface area contributed by atoms with Crippen molar-refractivity contribution >= 4 is 21.9 Å². The molecular formula is C18H26N2O6S. The van der Waals surface area contributed by atoms with Crippen molar-refractivity contribution in [3.05, 3.63) is 23.8 Å². The number of sulfonamides is 1. The van der Waals surface area contributed by atoms with Gasteiger partial charge in [-0.25, -0.2) is 18.4 Å². The number of nitrogens with two attached hydrogens (primary N) is 1. The van der Waals surface area contributed by atoms with E-state index in [1.54, 1.807) is 4.90 Å². The van der Waals surface area contributed by atoms with Gasteiger partial charge in [-0.3, -0.25) is 4.79 Å². The van der Waals surface area contributed by atoms with Crippen molar-refractivity contribution in [3.8, 4) is 5.75 Å². The molecule has 1 fully saturated rings. The van der Waals surface area contributed by atoms with Crippen LogP contribution in [-0.4, -0.2) is 51.5 Å². The van der Waals surface area contributed by atoms with Crippen LogP contribution in [-0.2, 0) is 19.6 Å². The Kier molecular flexibility index (Phi) is 7.20. The van der Waals surface area contributed by atoms with Crippen LogP contribution < -0.4 is 9.88 Å². The second kappa shape index (κ2) is 9.18. The minimum absolute atomic E-state index is 0.0995. The van der Waals surface area contributed by atoms with Crippen LogP contribution in [0, 0.1) is 0 Å². The summed E-state index contributed by atoms with van der Waals surface area (Å²) in [6.07, 6.45) is 5.27. The molecule has 0 unspecified atom stereocenters. The predicted molar refractivity (Wildman–Crippen MR) is 98.9 cm³/mol. The number of nitrogens with zero attached hydrogens (tertiary/aromatic N) is 1. The molecule has 0 spiro atoms. The molecule has 1 aliphatic carbocycles. The first-order valence-corrected chi connectivity index (χ1v) is 10.5. The van der Waals surface area contributed by atoms with Crippen LogP contribution in [0.1, 0.15) is 49.4 Å². The number of ether oxygens (including phenoxy) is 2. The van der Waals surface area contributed by atoms with Crippen molar-refractivity contribution in [3.63, 3.8) is 0 Å². The minimum Gasteiger partial charge on any atom is -0.496 e. The summed E-state index contributed by atoms with van der Waals surface area (Å²) in [5.41, 5.74) is -0.0995. The molecule has 1 saturated carbocycles. The maximum atomic E-state index is 12.5. The van der Waals surface area contributed by atoms with Crippen molar-refractivity contribution < 1.29 is 27.5 Å². The van der Waals surface area contributed by atoms with Crippen molar-refractivity contribution in [2.24, 2.45) is 5.14 Å². The Hall–Kier alpha value is -2.13. The van der Waals surface area contributed by atoms with Gasteiger partial charge in [0.05, 0.1) is 12.0 Å². The van der Waals surface area contributed by atoms with Crippen molar-refractivity contribution in [2.75, 3.05) is 20.3 Å². The molecule has 1 aliphatic rings. The second-order valence-electron chi connectivity index (χ2n) is 6.45. The minimum atomic E-state index is -3.99. The lowest BCUT2D eigenvalue weighted by Gasteiger charge is -2.33. The van der Waals surface area contributed by atoms with Crippen LogP contribution in [0.15, 0.2) is 23.1 Å².